The van der Waals surface area contributed by atoms with Crippen LogP contribution in [-0.2, 0) is 4.79 Å². The van der Waals surface area contributed by atoms with Gasteiger partial charge >= 0.3 is 0 Å². The Bertz CT molecular complexity index is 580. The second kappa shape index (κ2) is 8.84. The van der Waals surface area contributed by atoms with Crippen LogP contribution in [0, 0.1) is 11.3 Å². The first-order valence-corrected chi connectivity index (χ1v) is 8.24. The molecule has 0 aliphatic carbocycles. The molecule has 0 saturated carbocycles. The van der Waals surface area contributed by atoms with Gasteiger partial charge in [-0.1, -0.05) is 6.92 Å². The molecule has 1 aliphatic heterocycles. The number of piperidine rings is 1. The number of carbonyl (C=O) groups is 1. The van der Waals surface area contributed by atoms with E-state index in [0.717, 1.165) is 25.2 Å². The molecule has 2 N–H and O–H groups in total. The predicted molar refractivity (Wildman–Crippen MR) is 93.1 cm³/mol. The van der Waals surface area contributed by atoms with Crippen molar-refractivity contribution >= 4 is 17.3 Å². The molecule has 23 heavy (non-hydrogen) atoms. The maximum absolute atomic E-state index is 11.8. The van der Waals surface area contributed by atoms with Gasteiger partial charge in [0, 0.05) is 37.2 Å². The Hall–Kier alpha value is -2.48. The van der Waals surface area contributed by atoms with Crippen LogP contribution in [0.5, 0.6) is 0 Å². The van der Waals surface area contributed by atoms with Gasteiger partial charge in [0.15, 0.2) is 0 Å². The first-order chi connectivity index (χ1) is 11.2. The third kappa shape index (κ3) is 5.03. The molecule has 122 valence electrons. The molecule has 1 aliphatic rings. The summed E-state index contributed by atoms with van der Waals surface area (Å²) in [5.41, 5.74) is 2.17. The molecule has 5 nitrogen and oxygen atoms in total. The van der Waals surface area contributed by atoms with Crippen LogP contribution >= 0.6 is 0 Å². The highest BCUT2D eigenvalue weighted by Crippen LogP contribution is 2.21. The molecule has 0 aromatic heterocycles. The molecule has 0 atom stereocenters. The van der Waals surface area contributed by atoms with Crippen LogP contribution in [0.15, 0.2) is 36.0 Å². The van der Waals surface area contributed by atoms with Crippen LogP contribution in [0.2, 0.25) is 0 Å². The summed E-state index contributed by atoms with van der Waals surface area (Å²) >= 11 is 0. The highest BCUT2D eigenvalue weighted by Gasteiger charge is 2.10. The summed E-state index contributed by atoms with van der Waals surface area (Å²) in [7, 11) is 0. The summed E-state index contributed by atoms with van der Waals surface area (Å²) in [6, 6.07) is 10.0. The Morgan fingerprint density at radius 3 is 2.57 bits per heavy atom. The summed E-state index contributed by atoms with van der Waals surface area (Å²) < 4.78 is 0. The number of benzene rings is 1. The highest BCUT2D eigenvalue weighted by atomic mass is 16.1. The number of nitrogens with zero attached hydrogens (tertiary/aromatic N) is 2. The van der Waals surface area contributed by atoms with Gasteiger partial charge in [0.25, 0.3) is 5.91 Å². The van der Waals surface area contributed by atoms with E-state index in [1.165, 1.54) is 31.1 Å². The number of nitriles is 1. The first kappa shape index (κ1) is 16.9. The lowest BCUT2D eigenvalue weighted by Gasteiger charge is -2.28. The van der Waals surface area contributed by atoms with Crippen molar-refractivity contribution in [1.29, 1.82) is 5.26 Å². The largest absolute Gasteiger partial charge is 0.372 e. The van der Waals surface area contributed by atoms with E-state index in [4.69, 9.17) is 5.26 Å². The summed E-state index contributed by atoms with van der Waals surface area (Å²) in [6.07, 6.45) is 6.12. The van der Waals surface area contributed by atoms with E-state index in [1.807, 2.05) is 25.1 Å². The Kier molecular flexibility index (Phi) is 6.49. The van der Waals surface area contributed by atoms with Crippen molar-refractivity contribution in [2.45, 2.75) is 32.6 Å². The van der Waals surface area contributed by atoms with Gasteiger partial charge in [0.05, 0.1) is 0 Å². The topological polar surface area (TPSA) is 68.2 Å². The molecule has 5 heteroatoms. The summed E-state index contributed by atoms with van der Waals surface area (Å²) in [6.45, 7) is 4.77. The van der Waals surface area contributed by atoms with Gasteiger partial charge in [-0.3, -0.25) is 4.79 Å². The van der Waals surface area contributed by atoms with Crippen molar-refractivity contribution in [2.24, 2.45) is 0 Å². The van der Waals surface area contributed by atoms with Gasteiger partial charge in [0.2, 0.25) is 0 Å². The van der Waals surface area contributed by atoms with Crippen molar-refractivity contribution < 1.29 is 4.79 Å². The molecule has 1 saturated heterocycles. The van der Waals surface area contributed by atoms with Crippen LogP contribution in [0.25, 0.3) is 0 Å². The Morgan fingerprint density at radius 1 is 1.26 bits per heavy atom. The van der Waals surface area contributed by atoms with E-state index in [9.17, 15) is 4.79 Å². The standard InChI is InChI=1S/C18H24N4O/c1-2-10-20-18(23)15(13-19)14-21-16-6-8-17(9-7-16)22-11-4-3-5-12-22/h6-9,14,21H,2-5,10-12H2,1H3,(H,20,23)/b15-14-. The lowest BCUT2D eigenvalue weighted by molar-refractivity contribution is -0.117. The first-order valence-electron chi connectivity index (χ1n) is 8.24. The molecule has 1 heterocycles. The van der Waals surface area contributed by atoms with E-state index in [2.05, 4.69) is 27.7 Å². The van der Waals surface area contributed by atoms with E-state index in [0.29, 0.717) is 6.54 Å². The number of nitrogens with one attached hydrogen (secondary N) is 2. The van der Waals surface area contributed by atoms with E-state index >= 15 is 0 Å². The molecule has 0 spiro atoms. The fourth-order valence-corrected chi connectivity index (χ4v) is 2.56. The second-order valence-corrected chi connectivity index (χ2v) is 5.66. The Morgan fingerprint density at radius 2 is 1.96 bits per heavy atom. The van der Waals surface area contributed by atoms with Crippen LogP contribution < -0.4 is 15.5 Å². The van der Waals surface area contributed by atoms with E-state index < -0.39 is 0 Å². The van der Waals surface area contributed by atoms with Crippen molar-refractivity contribution in [2.75, 3.05) is 29.9 Å². The van der Waals surface area contributed by atoms with Gasteiger partial charge in [-0.25, -0.2) is 0 Å². The zero-order valence-corrected chi connectivity index (χ0v) is 13.6. The highest BCUT2D eigenvalue weighted by molar-refractivity contribution is 5.97. The van der Waals surface area contributed by atoms with Gasteiger partial charge in [-0.2, -0.15) is 5.26 Å². The fourth-order valence-electron chi connectivity index (χ4n) is 2.56. The minimum absolute atomic E-state index is 0.0820. The predicted octanol–water partition coefficient (Wildman–Crippen LogP) is 3.02. The minimum Gasteiger partial charge on any atom is -0.372 e. The molecule has 0 bridgehead atoms. The second-order valence-electron chi connectivity index (χ2n) is 5.66. The molecular formula is C18H24N4O. The van der Waals surface area contributed by atoms with Gasteiger partial charge < -0.3 is 15.5 Å². The van der Waals surface area contributed by atoms with Crippen molar-refractivity contribution in [3.05, 3.63) is 36.0 Å². The SMILES string of the molecule is CCCNC(=O)/C(C#N)=C\Nc1ccc(N2CCCCC2)cc1. The number of anilines is 2. The number of hydrogen-bond donors (Lipinski definition) is 2. The molecule has 1 fully saturated rings. The summed E-state index contributed by atoms with van der Waals surface area (Å²) in [4.78, 5) is 14.2. The van der Waals surface area contributed by atoms with Gasteiger partial charge in [-0.05, 0) is 49.9 Å². The minimum atomic E-state index is -0.341. The zero-order chi connectivity index (χ0) is 16.5. The van der Waals surface area contributed by atoms with Crippen molar-refractivity contribution in [3.8, 4) is 6.07 Å². The summed E-state index contributed by atoms with van der Waals surface area (Å²) in [5, 5.41) is 14.8. The normalized spacial score (nSPS) is 15.0. The number of carbonyl (C=O) groups excluding carboxylic acids is 1. The van der Waals surface area contributed by atoms with E-state index in [-0.39, 0.29) is 11.5 Å². The van der Waals surface area contributed by atoms with Crippen LogP contribution in [0.1, 0.15) is 32.6 Å². The number of amides is 1. The van der Waals surface area contributed by atoms with Gasteiger partial charge in [0.1, 0.15) is 11.6 Å². The third-order valence-electron chi connectivity index (χ3n) is 3.87. The fraction of sp³-hybridized carbons (Fsp3) is 0.444. The average Bonchev–Trinajstić information content (AvgIpc) is 2.61. The number of rotatable bonds is 6. The Balaban J connectivity index is 1.95. The maximum atomic E-state index is 11.8. The molecular weight excluding hydrogens is 288 g/mol. The summed E-state index contributed by atoms with van der Waals surface area (Å²) in [5.74, 6) is -0.341. The van der Waals surface area contributed by atoms with Crippen LogP contribution in [0.3, 0.4) is 0 Å². The van der Waals surface area contributed by atoms with Crippen LogP contribution in [0.4, 0.5) is 11.4 Å². The lowest BCUT2D eigenvalue weighted by atomic mass is 10.1. The lowest BCUT2D eigenvalue weighted by Crippen LogP contribution is -2.29. The van der Waals surface area contributed by atoms with Crippen molar-refractivity contribution in [1.82, 2.24) is 5.32 Å². The monoisotopic (exact) mass is 312 g/mol. The smallest absolute Gasteiger partial charge is 0.263 e. The Labute approximate surface area is 138 Å². The molecule has 1 aromatic rings. The molecule has 1 amide bonds. The van der Waals surface area contributed by atoms with Gasteiger partial charge in [-0.15, -0.1) is 0 Å². The maximum Gasteiger partial charge on any atom is 0.263 e. The molecule has 1 aromatic carbocycles. The average molecular weight is 312 g/mol. The van der Waals surface area contributed by atoms with Crippen molar-refractivity contribution in [3.63, 3.8) is 0 Å². The van der Waals surface area contributed by atoms with Crippen LogP contribution in [-0.4, -0.2) is 25.5 Å². The molecule has 2 rings (SSSR count). The quantitative estimate of drug-likeness (QED) is 0.626. The zero-order valence-electron chi connectivity index (χ0n) is 13.6. The number of hydrogen-bond acceptors (Lipinski definition) is 4. The van der Waals surface area contributed by atoms with E-state index in [1.54, 1.807) is 0 Å². The molecule has 0 unspecified atom stereocenters. The third-order valence-corrected chi connectivity index (χ3v) is 3.87. The molecule has 0 radical (unpaired) electrons.